The monoisotopic (exact) mass is 271 g/mol. The third-order valence-electron chi connectivity index (χ3n) is 4.59. The molecule has 1 heterocycles. The van der Waals surface area contributed by atoms with Crippen molar-refractivity contribution in [3.63, 3.8) is 0 Å². The molecule has 0 saturated heterocycles. The molecule has 106 valence electrons. The molecule has 0 aliphatic heterocycles. The second kappa shape index (κ2) is 4.35. The van der Waals surface area contributed by atoms with Gasteiger partial charge in [0, 0.05) is 30.4 Å². The lowest BCUT2D eigenvalue weighted by Crippen LogP contribution is -2.31. The lowest BCUT2D eigenvalue weighted by atomic mass is 9.89. The minimum Gasteiger partial charge on any atom is -0.327 e. The third-order valence-corrected chi connectivity index (χ3v) is 4.59. The molecule has 4 heteroatoms. The number of rotatable bonds is 3. The van der Waals surface area contributed by atoms with Crippen molar-refractivity contribution in [3.8, 4) is 5.69 Å². The van der Waals surface area contributed by atoms with Gasteiger partial charge < -0.3 is 10.3 Å². The Bertz CT molecular complexity index is 688. The Morgan fingerprint density at radius 3 is 2.25 bits per heavy atom. The van der Waals surface area contributed by atoms with E-state index in [0.29, 0.717) is 0 Å². The standard InChI is InChI=1S/C16H21N3O/c1-11-10-18(3)15(20)19(11)14-6-4-13(5-7-14)16(8-9-16)12(2)17/h4-7,10,12H,8-9,17H2,1-3H3. The number of aromatic nitrogens is 2. The number of hydrogen-bond acceptors (Lipinski definition) is 2. The van der Waals surface area contributed by atoms with Crippen LogP contribution in [-0.2, 0) is 12.5 Å². The van der Waals surface area contributed by atoms with Crippen molar-refractivity contribution in [1.82, 2.24) is 9.13 Å². The van der Waals surface area contributed by atoms with Crippen molar-refractivity contribution >= 4 is 0 Å². The average molecular weight is 271 g/mol. The van der Waals surface area contributed by atoms with Gasteiger partial charge >= 0.3 is 5.69 Å². The molecule has 4 nitrogen and oxygen atoms in total. The van der Waals surface area contributed by atoms with Crippen LogP contribution in [0.25, 0.3) is 5.69 Å². The van der Waals surface area contributed by atoms with Gasteiger partial charge in [-0.1, -0.05) is 12.1 Å². The topological polar surface area (TPSA) is 53.0 Å². The summed E-state index contributed by atoms with van der Waals surface area (Å²) in [5.41, 5.74) is 9.41. The molecular formula is C16H21N3O. The number of nitrogens with zero attached hydrogens (tertiary/aromatic N) is 2. The quantitative estimate of drug-likeness (QED) is 0.926. The fraction of sp³-hybridized carbons (Fsp3) is 0.438. The highest BCUT2D eigenvalue weighted by molar-refractivity contribution is 5.41. The van der Waals surface area contributed by atoms with Crippen molar-refractivity contribution in [1.29, 1.82) is 0 Å². The fourth-order valence-electron chi connectivity index (χ4n) is 3.10. The Hall–Kier alpha value is -1.81. The Morgan fingerprint density at radius 2 is 1.85 bits per heavy atom. The van der Waals surface area contributed by atoms with Crippen LogP contribution in [-0.4, -0.2) is 15.2 Å². The van der Waals surface area contributed by atoms with Gasteiger partial charge in [0.25, 0.3) is 0 Å². The summed E-state index contributed by atoms with van der Waals surface area (Å²) in [5.74, 6) is 0. The molecule has 1 atom stereocenters. The van der Waals surface area contributed by atoms with Crippen LogP contribution in [0.4, 0.5) is 0 Å². The minimum absolute atomic E-state index is 0.0106. The molecule has 0 amide bonds. The second-order valence-corrected chi connectivity index (χ2v) is 5.99. The summed E-state index contributed by atoms with van der Waals surface area (Å²) in [6.07, 6.45) is 4.17. The lowest BCUT2D eigenvalue weighted by molar-refractivity contribution is 0.556. The van der Waals surface area contributed by atoms with Crippen LogP contribution in [0, 0.1) is 6.92 Å². The molecule has 0 bridgehead atoms. The van der Waals surface area contributed by atoms with Crippen LogP contribution in [0.15, 0.2) is 35.3 Å². The van der Waals surface area contributed by atoms with Crippen molar-refractivity contribution in [2.24, 2.45) is 12.8 Å². The third kappa shape index (κ3) is 1.83. The summed E-state index contributed by atoms with van der Waals surface area (Å²) in [6.45, 7) is 4.02. The van der Waals surface area contributed by atoms with E-state index in [0.717, 1.165) is 24.2 Å². The van der Waals surface area contributed by atoms with E-state index in [-0.39, 0.29) is 17.1 Å². The maximum atomic E-state index is 12.1. The summed E-state index contributed by atoms with van der Waals surface area (Å²) >= 11 is 0. The molecule has 1 unspecified atom stereocenters. The molecule has 1 fully saturated rings. The maximum Gasteiger partial charge on any atom is 0.332 e. The Balaban J connectivity index is 2.00. The summed E-state index contributed by atoms with van der Waals surface area (Å²) in [5, 5.41) is 0. The highest BCUT2D eigenvalue weighted by Gasteiger charge is 2.47. The lowest BCUT2D eigenvalue weighted by Gasteiger charge is -2.20. The number of benzene rings is 1. The van der Waals surface area contributed by atoms with Gasteiger partial charge in [0.15, 0.2) is 0 Å². The Kier molecular flexibility index (Phi) is 2.87. The van der Waals surface area contributed by atoms with Gasteiger partial charge in [0.05, 0.1) is 5.69 Å². The van der Waals surface area contributed by atoms with Gasteiger partial charge in [-0.3, -0.25) is 4.57 Å². The molecule has 0 spiro atoms. The first-order valence-electron chi connectivity index (χ1n) is 7.07. The first kappa shape index (κ1) is 13.2. The zero-order valence-electron chi connectivity index (χ0n) is 12.3. The summed E-state index contributed by atoms with van der Waals surface area (Å²) in [4.78, 5) is 12.1. The average Bonchev–Trinajstić information content (AvgIpc) is 3.16. The molecule has 0 radical (unpaired) electrons. The Morgan fingerprint density at radius 1 is 1.25 bits per heavy atom. The highest BCUT2D eigenvalue weighted by Crippen LogP contribution is 2.50. The zero-order chi connectivity index (χ0) is 14.5. The molecule has 1 aliphatic rings. The van der Waals surface area contributed by atoms with Gasteiger partial charge in [-0.05, 0) is 44.4 Å². The number of nitrogens with two attached hydrogens (primary N) is 1. The van der Waals surface area contributed by atoms with Gasteiger partial charge in [-0.25, -0.2) is 4.79 Å². The van der Waals surface area contributed by atoms with Crippen LogP contribution in [0.2, 0.25) is 0 Å². The highest BCUT2D eigenvalue weighted by atomic mass is 16.1. The molecular weight excluding hydrogens is 250 g/mol. The van der Waals surface area contributed by atoms with Crippen LogP contribution in [0.5, 0.6) is 0 Å². The smallest absolute Gasteiger partial charge is 0.327 e. The second-order valence-electron chi connectivity index (χ2n) is 5.99. The van der Waals surface area contributed by atoms with E-state index in [1.807, 2.05) is 25.3 Å². The summed E-state index contributed by atoms with van der Waals surface area (Å²) in [6, 6.07) is 8.45. The summed E-state index contributed by atoms with van der Waals surface area (Å²) in [7, 11) is 1.77. The predicted molar refractivity (Wildman–Crippen MR) is 80.3 cm³/mol. The van der Waals surface area contributed by atoms with E-state index in [2.05, 4.69) is 19.1 Å². The molecule has 1 aliphatic carbocycles. The van der Waals surface area contributed by atoms with Crippen molar-refractivity contribution in [2.75, 3.05) is 0 Å². The van der Waals surface area contributed by atoms with E-state index < -0.39 is 0 Å². The SMILES string of the molecule is Cc1cn(C)c(=O)n1-c1ccc(C2(C(C)N)CC2)cc1. The first-order chi connectivity index (χ1) is 9.45. The fourth-order valence-corrected chi connectivity index (χ4v) is 3.10. The molecule has 2 N–H and O–H groups in total. The van der Waals surface area contributed by atoms with Crippen LogP contribution >= 0.6 is 0 Å². The summed E-state index contributed by atoms with van der Waals surface area (Å²) < 4.78 is 3.34. The number of imidazole rings is 1. The van der Waals surface area contributed by atoms with Crippen molar-refractivity contribution in [2.45, 2.75) is 38.1 Å². The van der Waals surface area contributed by atoms with Crippen molar-refractivity contribution < 1.29 is 0 Å². The van der Waals surface area contributed by atoms with E-state index in [1.54, 1.807) is 16.2 Å². The maximum absolute atomic E-state index is 12.1. The largest absolute Gasteiger partial charge is 0.332 e. The van der Waals surface area contributed by atoms with E-state index >= 15 is 0 Å². The number of hydrogen-bond donors (Lipinski definition) is 1. The van der Waals surface area contributed by atoms with Gasteiger partial charge in [0.2, 0.25) is 0 Å². The van der Waals surface area contributed by atoms with Crippen LogP contribution in [0.1, 0.15) is 31.0 Å². The van der Waals surface area contributed by atoms with E-state index in [1.165, 1.54) is 5.56 Å². The van der Waals surface area contributed by atoms with Gasteiger partial charge in [-0.15, -0.1) is 0 Å². The molecule has 1 saturated carbocycles. The van der Waals surface area contributed by atoms with E-state index in [4.69, 9.17) is 5.73 Å². The minimum atomic E-state index is -0.0106. The van der Waals surface area contributed by atoms with Gasteiger partial charge in [-0.2, -0.15) is 0 Å². The van der Waals surface area contributed by atoms with Gasteiger partial charge in [0.1, 0.15) is 0 Å². The van der Waals surface area contributed by atoms with Crippen molar-refractivity contribution in [3.05, 3.63) is 52.2 Å². The normalized spacial score (nSPS) is 18.0. The molecule has 1 aromatic carbocycles. The molecule has 1 aromatic heterocycles. The number of aryl methyl sites for hydroxylation is 2. The van der Waals surface area contributed by atoms with E-state index in [9.17, 15) is 4.79 Å². The molecule has 3 rings (SSSR count). The molecule has 2 aromatic rings. The predicted octanol–water partition coefficient (Wildman–Crippen LogP) is 1.86. The Labute approximate surface area is 118 Å². The molecule has 20 heavy (non-hydrogen) atoms. The van der Waals surface area contributed by atoms with Crippen LogP contribution < -0.4 is 11.4 Å². The first-order valence-corrected chi connectivity index (χ1v) is 7.07. The zero-order valence-corrected chi connectivity index (χ0v) is 12.3. The van der Waals surface area contributed by atoms with Crippen LogP contribution in [0.3, 0.4) is 0 Å².